The van der Waals surface area contributed by atoms with Gasteiger partial charge in [-0.3, -0.25) is 4.79 Å². The van der Waals surface area contributed by atoms with Crippen molar-refractivity contribution in [3.8, 4) is 5.75 Å². The Balaban J connectivity index is 2.21. The number of amides is 1. The summed E-state index contributed by atoms with van der Waals surface area (Å²) in [6, 6.07) is 6.45. The van der Waals surface area contributed by atoms with Crippen molar-refractivity contribution in [1.29, 1.82) is 0 Å². The van der Waals surface area contributed by atoms with Gasteiger partial charge in [-0.2, -0.15) is 0 Å². The average molecular weight is 266 g/mol. The van der Waals surface area contributed by atoms with Crippen LogP contribution >= 0.6 is 0 Å². The highest BCUT2D eigenvalue weighted by atomic mass is 16.5. The Morgan fingerprint density at radius 2 is 2.11 bits per heavy atom. The van der Waals surface area contributed by atoms with Crippen molar-refractivity contribution in [3.05, 3.63) is 29.8 Å². The first-order chi connectivity index (χ1) is 9.13. The first-order valence-corrected chi connectivity index (χ1v) is 6.43. The minimum atomic E-state index is -0.477. The van der Waals surface area contributed by atoms with Gasteiger partial charge in [0, 0.05) is 20.3 Å². The molecule has 5 nitrogen and oxygen atoms in total. The van der Waals surface area contributed by atoms with Crippen LogP contribution in [0, 0.1) is 0 Å². The zero-order valence-corrected chi connectivity index (χ0v) is 11.3. The van der Waals surface area contributed by atoms with Gasteiger partial charge >= 0.3 is 0 Å². The Morgan fingerprint density at radius 3 is 2.74 bits per heavy atom. The highest BCUT2D eigenvalue weighted by Crippen LogP contribution is 2.09. The predicted octanol–water partition coefficient (Wildman–Crippen LogP) is 0.805. The maximum atomic E-state index is 11.7. The molecule has 1 atom stereocenters. The molecule has 0 saturated heterocycles. The van der Waals surface area contributed by atoms with Gasteiger partial charge in [0.1, 0.15) is 5.75 Å². The van der Waals surface area contributed by atoms with E-state index >= 15 is 0 Å². The van der Waals surface area contributed by atoms with Crippen molar-refractivity contribution in [1.82, 2.24) is 5.32 Å². The van der Waals surface area contributed by atoms with Crippen molar-refractivity contribution in [3.63, 3.8) is 0 Å². The van der Waals surface area contributed by atoms with Crippen LogP contribution in [0.4, 0.5) is 0 Å². The molecule has 0 aromatic heterocycles. The van der Waals surface area contributed by atoms with Crippen LogP contribution in [-0.4, -0.2) is 37.3 Å². The summed E-state index contributed by atoms with van der Waals surface area (Å²) in [5, 5.41) is 12.0. The smallest absolute Gasteiger partial charge is 0.236 e. The van der Waals surface area contributed by atoms with E-state index in [2.05, 4.69) is 5.32 Å². The molecule has 0 aliphatic rings. The summed E-state index contributed by atoms with van der Waals surface area (Å²) < 4.78 is 4.91. The fraction of sp³-hybridized carbons (Fsp3) is 0.500. The van der Waals surface area contributed by atoms with Gasteiger partial charge in [-0.05, 0) is 37.0 Å². The molecule has 1 aromatic rings. The van der Waals surface area contributed by atoms with Gasteiger partial charge in [0.15, 0.2) is 0 Å². The van der Waals surface area contributed by atoms with E-state index in [-0.39, 0.29) is 11.7 Å². The minimum Gasteiger partial charge on any atom is -0.508 e. The summed E-state index contributed by atoms with van der Waals surface area (Å²) >= 11 is 0. The number of benzene rings is 1. The van der Waals surface area contributed by atoms with Gasteiger partial charge < -0.3 is 20.9 Å². The van der Waals surface area contributed by atoms with Crippen LogP contribution < -0.4 is 11.1 Å². The van der Waals surface area contributed by atoms with E-state index in [1.54, 1.807) is 19.2 Å². The van der Waals surface area contributed by atoms with Gasteiger partial charge in [-0.1, -0.05) is 12.1 Å². The summed E-state index contributed by atoms with van der Waals surface area (Å²) in [5.41, 5.74) is 6.82. The highest BCUT2D eigenvalue weighted by Gasteiger charge is 2.11. The van der Waals surface area contributed by atoms with Crippen LogP contribution in [0.2, 0.25) is 0 Å². The Morgan fingerprint density at radius 1 is 1.42 bits per heavy atom. The normalized spacial score (nSPS) is 12.1. The molecule has 5 heteroatoms. The topological polar surface area (TPSA) is 84.6 Å². The van der Waals surface area contributed by atoms with Crippen LogP contribution in [0.25, 0.3) is 0 Å². The van der Waals surface area contributed by atoms with Gasteiger partial charge in [-0.25, -0.2) is 0 Å². The van der Waals surface area contributed by atoms with Gasteiger partial charge in [0.2, 0.25) is 5.91 Å². The third-order valence-corrected chi connectivity index (χ3v) is 2.85. The molecule has 19 heavy (non-hydrogen) atoms. The molecule has 0 aliphatic heterocycles. The Hall–Kier alpha value is -1.59. The number of carbonyl (C=O) groups excluding carboxylic acids is 1. The van der Waals surface area contributed by atoms with Crippen LogP contribution in [0.3, 0.4) is 0 Å². The number of aromatic hydroxyl groups is 1. The third kappa shape index (κ3) is 6.22. The molecule has 4 N–H and O–H groups in total. The van der Waals surface area contributed by atoms with E-state index in [4.69, 9.17) is 15.6 Å². The standard InChI is InChI=1S/C14H22N2O3/c1-19-10-2-3-13(15)14(18)16-9-8-11-4-6-12(17)7-5-11/h4-7,13,17H,2-3,8-10,15H2,1H3,(H,16,18). The Kier molecular flexibility index (Phi) is 6.92. The van der Waals surface area contributed by atoms with E-state index in [0.717, 1.165) is 18.4 Å². The van der Waals surface area contributed by atoms with Crippen LogP contribution in [-0.2, 0) is 16.0 Å². The monoisotopic (exact) mass is 266 g/mol. The molecular formula is C14H22N2O3. The van der Waals surface area contributed by atoms with Gasteiger partial charge in [-0.15, -0.1) is 0 Å². The van der Waals surface area contributed by atoms with Crippen molar-refractivity contribution in [2.45, 2.75) is 25.3 Å². The summed E-state index contributed by atoms with van der Waals surface area (Å²) in [7, 11) is 1.63. The van der Waals surface area contributed by atoms with Gasteiger partial charge in [0.25, 0.3) is 0 Å². The molecule has 0 radical (unpaired) electrons. The number of hydrogen-bond donors (Lipinski definition) is 3. The number of phenolic OH excluding ortho intramolecular Hbond substituents is 1. The zero-order chi connectivity index (χ0) is 14.1. The van der Waals surface area contributed by atoms with Crippen LogP contribution in [0.15, 0.2) is 24.3 Å². The predicted molar refractivity (Wildman–Crippen MR) is 73.9 cm³/mol. The summed E-state index contributed by atoms with van der Waals surface area (Å²) in [4.78, 5) is 11.7. The van der Waals surface area contributed by atoms with E-state index in [0.29, 0.717) is 19.6 Å². The van der Waals surface area contributed by atoms with E-state index < -0.39 is 6.04 Å². The SMILES string of the molecule is COCCCC(N)C(=O)NCCc1ccc(O)cc1. The number of carbonyl (C=O) groups is 1. The second-order valence-corrected chi connectivity index (χ2v) is 4.45. The molecule has 1 unspecified atom stereocenters. The third-order valence-electron chi connectivity index (χ3n) is 2.85. The second kappa shape index (κ2) is 8.50. The first kappa shape index (κ1) is 15.5. The number of hydrogen-bond acceptors (Lipinski definition) is 4. The molecule has 1 rings (SSSR count). The van der Waals surface area contributed by atoms with E-state index in [9.17, 15) is 4.79 Å². The first-order valence-electron chi connectivity index (χ1n) is 6.43. The molecule has 0 bridgehead atoms. The number of phenols is 1. The molecule has 1 amide bonds. The lowest BCUT2D eigenvalue weighted by molar-refractivity contribution is -0.122. The lowest BCUT2D eigenvalue weighted by atomic mass is 10.1. The zero-order valence-electron chi connectivity index (χ0n) is 11.3. The molecule has 0 spiro atoms. The number of ether oxygens (including phenoxy) is 1. The number of rotatable bonds is 8. The molecule has 106 valence electrons. The van der Waals surface area contributed by atoms with Crippen molar-refractivity contribution >= 4 is 5.91 Å². The second-order valence-electron chi connectivity index (χ2n) is 4.45. The fourth-order valence-electron chi connectivity index (χ4n) is 1.70. The maximum absolute atomic E-state index is 11.7. The lowest BCUT2D eigenvalue weighted by Gasteiger charge is -2.12. The molecule has 0 aliphatic carbocycles. The number of nitrogens with two attached hydrogens (primary N) is 1. The van der Waals surface area contributed by atoms with E-state index in [1.807, 2.05) is 12.1 Å². The molecule has 0 heterocycles. The highest BCUT2D eigenvalue weighted by molar-refractivity contribution is 5.81. The maximum Gasteiger partial charge on any atom is 0.236 e. The average Bonchev–Trinajstić information content (AvgIpc) is 2.41. The van der Waals surface area contributed by atoms with Gasteiger partial charge in [0.05, 0.1) is 6.04 Å². The Bertz CT molecular complexity index is 379. The number of nitrogens with one attached hydrogen (secondary N) is 1. The lowest BCUT2D eigenvalue weighted by Crippen LogP contribution is -2.41. The Labute approximate surface area is 113 Å². The molecule has 0 saturated carbocycles. The molecular weight excluding hydrogens is 244 g/mol. The molecule has 0 fully saturated rings. The largest absolute Gasteiger partial charge is 0.508 e. The van der Waals surface area contributed by atoms with Crippen molar-refractivity contribution in [2.24, 2.45) is 5.73 Å². The minimum absolute atomic E-state index is 0.130. The van der Waals surface area contributed by atoms with Crippen LogP contribution in [0.1, 0.15) is 18.4 Å². The van der Waals surface area contributed by atoms with Crippen molar-refractivity contribution in [2.75, 3.05) is 20.3 Å². The summed E-state index contributed by atoms with van der Waals surface area (Å²) in [6.45, 7) is 1.16. The van der Waals surface area contributed by atoms with Crippen LogP contribution in [0.5, 0.6) is 5.75 Å². The molecule has 1 aromatic carbocycles. The van der Waals surface area contributed by atoms with E-state index in [1.165, 1.54) is 0 Å². The summed E-state index contributed by atoms with van der Waals surface area (Å²) in [6.07, 6.45) is 2.12. The quantitative estimate of drug-likeness (QED) is 0.608. The van der Waals surface area contributed by atoms with Crippen molar-refractivity contribution < 1.29 is 14.6 Å². The summed E-state index contributed by atoms with van der Waals surface area (Å²) in [5.74, 6) is 0.114. The fourth-order valence-corrected chi connectivity index (χ4v) is 1.70. The number of methoxy groups -OCH3 is 1.